The molecular weight excluding hydrogens is 440 g/mol. The Hall–Kier alpha value is -2.71. The number of hydrogen-bond donors (Lipinski definition) is 0. The van der Waals surface area contributed by atoms with Gasteiger partial charge >= 0.3 is 5.97 Å². The summed E-state index contributed by atoms with van der Waals surface area (Å²) in [6, 6.07) is 14.7. The van der Waals surface area contributed by atoms with E-state index in [-0.39, 0.29) is 16.4 Å². The van der Waals surface area contributed by atoms with E-state index in [0.29, 0.717) is 31.7 Å². The molecule has 8 heteroatoms. The molecule has 1 saturated heterocycles. The van der Waals surface area contributed by atoms with Crippen LogP contribution >= 0.6 is 0 Å². The van der Waals surface area contributed by atoms with Crippen molar-refractivity contribution in [3.8, 4) is 0 Å². The van der Waals surface area contributed by atoms with Gasteiger partial charge in [0.2, 0.25) is 16.1 Å². The lowest BCUT2D eigenvalue weighted by atomic mass is 10.1. The molecule has 0 bridgehead atoms. The van der Waals surface area contributed by atoms with Gasteiger partial charge in [0.15, 0.2) is 0 Å². The summed E-state index contributed by atoms with van der Waals surface area (Å²) in [4.78, 5) is 27.8. The molecular formula is C25H32N2O5S. The molecule has 1 heterocycles. The molecule has 0 N–H and O–H groups in total. The van der Waals surface area contributed by atoms with Crippen LogP contribution in [-0.2, 0) is 19.6 Å². The third kappa shape index (κ3) is 6.00. The first-order chi connectivity index (χ1) is 15.9. The number of likely N-dealkylation sites (N-methyl/N-ethyl adjacent to an activating group) is 1. The molecule has 1 amide bonds. The highest BCUT2D eigenvalue weighted by Crippen LogP contribution is 2.25. The highest BCUT2D eigenvalue weighted by molar-refractivity contribution is 7.89. The van der Waals surface area contributed by atoms with Crippen LogP contribution in [0.5, 0.6) is 0 Å². The predicted molar refractivity (Wildman–Crippen MR) is 126 cm³/mol. The summed E-state index contributed by atoms with van der Waals surface area (Å²) < 4.78 is 33.4. The fourth-order valence-electron chi connectivity index (χ4n) is 3.98. The monoisotopic (exact) mass is 472 g/mol. The Morgan fingerprint density at radius 3 is 2.18 bits per heavy atom. The van der Waals surface area contributed by atoms with E-state index in [1.807, 2.05) is 19.9 Å². The van der Waals surface area contributed by atoms with Crippen LogP contribution in [0.25, 0.3) is 0 Å². The van der Waals surface area contributed by atoms with Gasteiger partial charge in [-0.3, -0.25) is 4.79 Å². The number of ether oxygens (including phenoxy) is 1. The predicted octanol–water partition coefficient (Wildman–Crippen LogP) is 4.02. The highest BCUT2D eigenvalue weighted by Gasteiger charge is 2.30. The molecule has 1 fully saturated rings. The summed E-state index contributed by atoms with van der Waals surface area (Å²) in [5.41, 5.74) is 0.662. The first-order valence-corrected chi connectivity index (χ1v) is 13.0. The lowest BCUT2D eigenvalue weighted by Crippen LogP contribution is -2.36. The minimum absolute atomic E-state index is 0.0604. The second-order valence-corrected chi connectivity index (χ2v) is 9.99. The van der Waals surface area contributed by atoms with Crippen molar-refractivity contribution in [2.24, 2.45) is 0 Å². The number of rotatable bonds is 8. The lowest BCUT2D eigenvalue weighted by Gasteiger charge is -2.25. The van der Waals surface area contributed by atoms with E-state index in [9.17, 15) is 18.0 Å². The first-order valence-electron chi connectivity index (χ1n) is 11.5. The average molecular weight is 473 g/mol. The second kappa shape index (κ2) is 11.4. The van der Waals surface area contributed by atoms with Gasteiger partial charge in [-0.25, -0.2) is 13.2 Å². The molecule has 3 rings (SSSR count). The molecule has 1 aliphatic heterocycles. The van der Waals surface area contributed by atoms with Crippen LogP contribution in [0.2, 0.25) is 0 Å². The van der Waals surface area contributed by atoms with Gasteiger partial charge in [0.1, 0.15) is 0 Å². The topological polar surface area (TPSA) is 84.0 Å². The Morgan fingerprint density at radius 2 is 1.58 bits per heavy atom. The Labute approximate surface area is 196 Å². The van der Waals surface area contributed by atoms with E-state index in [4.69, 9.17) is 4.74 Å². The molecule has 2 aromatic carbocycles. The van der Waals surface area contributed by atoms with Gasteiger partial charge in [0.25, 0.3) is 5.91 Å². The summed E-state index contributed by atoms with van der Waals surface area (Å²) in [7, 11) is -3.71. The maximum atomic E-state index is 13.1. The van der Waals surface area contributed by atoms with Crippen molar-refractivity contribution in [3.63, 3.8) is 0 Å². The number of hydrogen-bond acceptors (Lipinski definition) is 5. The normalized spacial score (nSPS) is 15.9. The van der Waals surface area contributed by atoms with Crippen molar-refractivity contribution in [1.29, 1.82) is 0 Å². The van der Waals surface area contributed by atoms with Gasteiger partial charge in [-0.1, -0.05) is 49.2 Å². The van der Waals surface area contributed by atoms with Crippen molar-refractivity contribution >= 4 is 21.9 Å². The van der Waals surface area contributed by atoms with E-state index in [0.717, 1.165) is 25.7 Å². The van der Waals surface area contributed by atoms with Crippen molar-refractivity contribution in [2.75, 3.05) is 26.2 Å². The molecule has 178 valence electrons. The number of sulfonamides is 1. The molecule has 1 aliphatic rings. The molecule has 2 aromatic rings. The van der Waals surface area contributed by atoms with E-state index in [1.165, 1.54) is 28.6 Å². The number of carbonyl (C=O) groups is 2. The Kier molecular flexibility index (Phi) is 8.63. The van der Waals surface area contributed by atoms with Gasteiger partial charge in [-0.05, 0) is 44.9 Å². The zero-order chi connectivity index (χ0) is 23.8. The fourth-order valence-corrected chi connectivity index (χ4v) is 5.54. The van der Waals surface area contributed by atoms with Crippen LogP contribution in [-0.4, -0.2) is 55.7 Å². The molecule has 7 nitrogen and oxygen atoms in total. The van der Waals surface area contributed by atoms with Gasteiger partial charge in [-0.15, -0.1) is 0 Å². The van der Waals surface area contributed by atoms with E-state index in [2.05, 4.69) is 0 Å². The molecule has 0 saturated carbocycles. The highest BCUT2D eigenvalue weighted by atomic mass is 32.2. The minimum atomic E-state index is -3.71. The largest absolute Gasteiger partial charge is 0.444 e. The number of carbonyl (C=O) groups excluding carboxylic acids is 2. The van der Waals surface area contributed by atoms with Crippen molar-refractivity contribution in [1.82, 2.24) is 9.21 Å². The molecule has 33 heavy (non-hydrogen) atoms. The molecule has 0 aliphatic carbocycles. The molecule has 0 aromatic heterocycles. The first kappa shape index (κ1) is 24.9. The van der Waals surface area contributed by atoms with Gasteiger partial charge in [0, 0.05) is 31.7 Å². The van der Waals surface area contributed by atoms with Crippen molar-refractivity contribution in [3.05, 3.63) is 65.7 Å². The molecule has 0 radical (unpaired) electrons. The fraction of sp³-hybridized carbons (Fsp3) is 0.440. The van der Waals surface area contributed by atoms with Crippen LogP contribution < -0.4 is 0 Å². The van der Waals surface area contributed by atoms with Crippen LogP contribution in [0.1, 0.15) is 61.6 Å². The smallest absolute Gasteiger partial charge is 0.339 e. The quantitative estimate of drug-likeness (QED) is 0.542. The summed E-state index contributed by atoms with van der Waals surface area (Å²) in [6.45, 7) is 5.65. The Bertz CT molecular complexity index is 1040. The Balaban J connectivity index is 1.86. The number of benzene rings is 2. The van der Waals surface area contributed by atoms with Crippen molar-refractivity contribution in [2.45, 2.75) is 50.5 Å². The van der Waals surface area contributed by atoms with Crippen LogP contribution in [0, 0.1) is 0 Å². The summed E-state index contributed by atoms with van der Waals surface area (Å²) in [5, 5.41) is 0. The van der Waals surface area contributed by atoms with E-state index >= 15 is 0 Å². The number of nitrogens with zero attached hydrogens (tertiary/aromatic N) is 2. The maximum absolute atomic E-state index is 13.1. The van der Waals surface area contributed by atoms with Crippen LogP contribution in [0.3, 0.4) is 0 Å². The standard InChI is InChI=1S/C25H32N2O5S/c1-3-26(4-2)24(28)23(20-13-8-7-9-14-20)32-25(29)21-15-12-16-22(19-21)33(30,31)27-17-10-5-6-11-18-27/h7-9,12-16,19,23H,3-6,10-11,17-18H2,1-2H3/t23-/m0/s1. The second-order valence-electron chi connectivity index (χ2n) is 8.05. The summed E-state index contributed by atoms with van der Waals surface area (Å²) in [6.07, 6.45) is 2.57. The zero-order valence-corrected chi connectivity index (χ0v) is 20.1. The third-order valence-corrected chi connectivity index (χ3v) is 7.79. The van der Waals surface area contributed by atoms with E-state index < -0.39 is 22.1 Å². The van der Waals surface area contributed by atoms with Gasteiger partial charge < -0.3 is 9.64 Å². The molecule has 0 unspecified atom stereocenters. The SMILES string of the molecule is CCN(CC)C(=O)[C@@H](OC(=O)c1cccc(S(=O)(=O)N2CCCCCC2)c1)c1ccccc1. The number of esters is 1. The maximum Gasteiger partial charge on any atom is 0.339 e. The number of amides is 1. The summed E-state index contributed by atoms with van der Waals surface area (Å²) in [5.74, 6) is -1.05. The third-order valence-electron chi connectivity index (χ3n) is 5.90. The van der Waals surface area contributed by atoms with E-state index in [1.54, 1.807) is 29.2 Å². The minimum Gasteiger partial charge on any atom is -0.444 e. The van der Waals surface area contributed by atoms with Crippen LogP contribution in [0.15, 0.2) is 59.5 Å². The molecule has 0 spiro atoms. The Morgan fingerprint density at radius 1 is 0.939 bits per heavy atom. The average Bonchev–Trinajstić information content (AvgIpc) is 3.14. The van der Waals surface area contributed by atoms with Gasteiger partial charge in [-0.2, -0.15) is 4.31 Å². The summed E-state index contributed by atoms with van der Waals surface area (Å²) >= 11 is 0. The zero-order valence-electron chi connectivity index (χ0n) is 19.3. The molecule has 1 atom stereocenters. The van der Waals surface area contributed by atoms with Crippen LogP contribution in [0.4, 0.5) is 0 Å². The van der Waals surface area contributed by atoms with Gasteiger partial charge in [0.05, 0.1) is 10.5 Å². The van der Waals surface area contributed by atoms with Crippen molar-refractivity contribution < 1.29 is 22.7 Å². The lowest BCUT2D eigenvalue weighted by molar-refractivity contribution is -0.140.